The van der Waals surface area contributed by atoms with Crippen molar-refractivity contribution in [1.82, 2.24) is 14.9 Å². The molecular formula is C16H19N3. The largest absolute Gasteiger partial charge is 0.296 e. The van der Waals surface area contributed by atoms with E-state index in [1.165, 1.54) is 11.1 Å². The lowest BCUT2D eigenvalue weighted by Crippen LogP contribution is -2.35. The molecule has 0 saturated heterocycles. The minimum atomic E-state index is 0.616. The third-order valence-electron chi connectivity index (χ3n) is 3.80. The van der Waals surface area contributed by atoms with Crippen molar-refractivity contribution >= 4 is 0 Å². The van der Waals surface area contributed by atoms with Crippen LogP contribution in [0.25, 0.3) is 11.4 Å². The van der Waals surface area contributed by atoms with Gasteiger partial charge in [0.25, 0.3) is 0 Å². The number of hydrogen-bond donors (Lipinski definition) is 0. The van der Waals surface area contributed by atoms with Gasteiger partial charge < -0.3 is 0 Å². The molecule has 0 bridgehead atoms. The molecule has 3 nitrogen and oxygen atoms in total. The number of aromatic nitrogens is 2. The van der Waals surface area contributed by atoms with Gasteiger partial charge in [-0.05, 0) is 43.5 Å². The summed E-state index contributed by atoms with van der Waals surface area (Å²) in [6.07, 6.45) is 4.71. The first-order valence-electron chi connectivity index (χ1n) is 6.87. The van der Waals surface area contributed by atoms with Crippen molar-refractivity contribution in [1.29, 1.82) is 0 Å². The molecule has 3 rings (SSSR count). The van der Waals surface area contributed by atoms with Crippen LogP contribution in [0, 0.1) is 0 Å². The molecule has 0 spiro atoms. The Hall–Kier alpha value is -1.74. The Labute approximate surface area is 114 Å². The number of nitrogens with zero attached hydrogens (tertiary/aromatic N) is 3. The van der Waals surface area contributed by atoms with Gasteiger partial charge in [0.15, 0.2) is 5.82 Å². The van der Waals surface area contributed by atoms with Crippen LogP contribution in [0.2, 0.25) is 0 Å². The van der Waals surface area contributed by atoms with Gasteiger partial charge in [0, 0.05) is 37.1 Å². The maximum Gasteiger partial charge on any atom is 0.159 e. The Morgan fingerprint density at radius 3 is 2.63 bits per heavy atom. The zero-order chi connectivity index (χ0) is 13.2. The lowest BCUT2D eigenvalue weighted by molar-refractivity contribution is 0.203. The summed E-state index contributed by atoms with van der Waals surface area (Å²) in [7, 11) is 0. The van der Waals surface area contributed by atoms with Crippen LogP contribution < -0.4 is 0 Å². The lowest BCUT2D eigenvalue weighted by Gasteiger charge is -2.32. The monoisotopic (exact) mass is 253 g/mol. The van der Waals surface area contributed by atoms with Crippen LogP contribution in [0.3, 0.4) is 0 Å². The molecule has 1 aliphatic heterocycles. The fourth-order valence-corrected chi connectivity index (χ4v) is 2.60. The van der Waals surface area contributed by atoms with Gasteiger partial charge in [-0.15, -0.1) is 0 Å². The fraction of sp³-hybridized carbons (Fsp3) is 0.375. The molecule has 0 aliphatic carbocycles. The van der Waals surface area contributed by atoms with Gasteiger partial charge in [0.1, 0.15) is 0 Å². The van der Waals surface area contributed by atoms with Crippen molar-refractivity contribution in [3.05, 3.63) is 47.8 Å². The van der Waals surface area contributed by atoms with Crippen LogP contribution in [0.4, 0.5) is 0 Å². The molecule has 2 heterocycles. The smallest absolute Gasteiger partial charge is 0.159 e. The quantitative estimate of drug-likeness (QED) is 0.824. The second kappa shape index (κ2) is 5.10. The molecule has 98 valence electrons. The van der Waals surface area contributed by atoms with E-state index in [4.69, 9.17) is 0 Å². The normalized spacial score (nSPS) is 15.5. The van der Waals surface area contributed by atoms with Gasteiger partial charge in [-0.2, -0.15) is 0 Å². The minimum Gasteiger partial charge on any atom is -0.296 e. The number of fused-ring (bicyclic) bond motifs is 1. The Bertz CT molecular complexity index is 563. The zero-order valence-corrected chi connectivity index (χ0v) is 11.5. The first-order valence-corrected chi connectivity index (χ1v) is 6.87. The van der Waals surface area contributed by atoms with Gasteiger partial charge in [0.2, 0.25) is 0 Å². The Balaban J connectivity index is 1.90. The summed E-state index contributed by atoms with van der Waals surface area (Å²) in [5.41, 5.74) is 4.01. The molecule has 0 amide bonds. The van der Waals surface area contributed by atoms with Crippen molar-refractivity contribution in [3.8, 4) is 11.4 Å². The highest BCUT2D eigenvalue weighted by molar-refractivity contribution is 5.57. The van der Waals surface area contributed by atoms with Crippen molar-refractivity contribution < 1.29 is 0 Å². The van der Waals surface area contributed by atoms with Crippen molar-refractivity contribution in [2.45, 2.75) is 32.9 Å². The van der Waals surface area contributed by atoms with Gasteiger partial charge in [-0.3, -0.25) is 4.90 Å². The van der Waals surface area contributed by atoms with Crippen molar-refractivity contribution in [3.63, 3.8) is 0 Å². The van der Waals surface area contributed by atoms with Crippen LogP contribution in [0.5, 0.6) is 0 Å². The molecule has 0 N–H and O–H groups in total. The molecule has 3 heteroatoms. The summed E-state index contributed by atoms with van der Waals surface area (Å²) in [5.74, 6) is 0.816. The van der Waals surface area contributed by atoms with E-state index >= 15 is 0 Å². The van der Waals surface area contributed by atoms with E-state index in [9.17, 15) is 0 Å². The van der Waals surface area contributed by atoms with Gasteiger partial charge in [-0.1, -0.05) is 12.1 Å². The topological polar surface area (TPSA) is 29.0 Å². The van der Waals surface area contributed by atoms with E-state index in [1.807, 2.05) is 6.07 Å². The molecule has 0 unspecified atom stereocenters. The van der Waals surface area contributed by atoms with E-state index in [1.54, 1.807) is 12.4 Å². The first-order chi connectivity index (χ1) is 9.24. The van der Waals surface area contributed by atoms with Crippen LogP contribution in [-0.4, -0.2) is 27.5 Å². The predicted molar refractivity (Wildman–Crippen MR) is 76.7 cm³/mol. The van der Waals surface area contributed by atoms with Crippen LogP contribution in [-0.2, 0) is 13.0 Å². The van der Waals surface area contributed by atoms with Crippen LogP contribution in [0.1, 0.15) is 25.0 Å². The standard InChI is InChI=1S/C16H19N3/c1-12(2)19-9-6-13-10-14(4-5-15(13)11-19)16-17-7-3-8-18-16/h3-5,7-8,10,12H,6,9,11H2,1-2H3. The van der Waals surface area contributed by atoms with Gasteiger partial charge in [-0.25, -0.2) is 9.97 Å². The molecule has 1 aromatic carbocycles. The molecule has 1 aromatic heterocycles. The Kier molecular flexibility index (Phi) is 3.30. The number of rotatable bonds is 2. The third-order valence-corrected chi connectivity index (χ3v) is 3.80. The van der Waals surface area contributed by atoms with E-state index < -0.39 is 0 Å². The van der Waals surface area contributed by atoms with E-state index in [2.05, 4.69) is 46.9 Å². The Morgan fingerprint density at radius 1 is 1.11 bits per heavy atom. The summed E-state index contributed by atoms with van der Waals surface area (Å²) < 4.78 is 0. The Morgan fingerprint density at radius 2 is 1.89 bits per heavy atom. The lowest BCUT2D eigenvalue weighted by atomic mass is 9.96. The van der Waals surface area contributed by atoms with E-state index in [0.717, 1.165) is 30.9 Å². The average molecular weight is 253 g/mol. The summed E-state index contributed by atoms with van der Waals surface area (Å²) >= 11 is 0. The number of benzene rings is 1. The van der Waals surface area contributed by atoms with Crippen LogP contribution >= 0.6 is 0 Å². The molecular weight excluding hydrogens is 234 g/mol. The second-order valence-electron chi connectivity index (χ2n) is 5.37. The first kappa shape index (κ1) is 12.3. The highest BCUT2D eigenvalue weighted by Crippen LogP contribution is 2.25. The molecule has 2 aromatic rings. The number of hydrogen-bond acceptors (Lipinski definition) is 3. The SMILES string of the molecule is CC(C)N1CCc2cc(-c3ncccn3)ccc2C1. The highest BCUT2D eigenvalue weighted by Gasteiger charge is 2.18. The van der Waals surface area contributed by atoms with Gasteiger partial charge >= 0.3 is 0 Å². The molecule has 0 saturated carbocycles. The average Bonchev–Trinajstić information content (AvgIpc) is 2.47. The minimum absolute atomic E-state index is 0.616. The second-order valence-corrected chi connectivity index (χ2v) is 5.37. The molecule has 0 atom stereocenters. The molecule has 0 radical (unpaired) electrons. The fourth-order valence-electron chi connectivity index (χ4n) is 2.60. The maximum atomic E-state index is 4.32. The maximum absolute atomic E-state index is 4.32. The molecule has 19 heavy (non-hydrogen) atoms. The van der Waals surface area contributed by atoms with Crippen molar-refractivity contribution in [2.75, 3.05) is 6.54 Å². The van der Waals surface area contributed by atoms with E-state index in [0.29, 0.717) is 6.04 Å². The predicted octanol–water partition coefficient (Wildman–Crippen LogP) is 2.91. The zero-order valence-electron chi connectivity index (χ0n) is 11.5. The summed E-state index contributed by atoms with van der Waals surface area (Å²) in [5, 5.41) is 0. The summed E-state index contributed by atoms with van der Waals surface area (Å²) in [6.45, 7) is 6.72. The summed E-state index contributed by atoms with van der Waals surface area (Å²) in [6, 6.07) is 9.09. The third kappa shape index (κ3) is 2.51. The van der Waals surface area contributed by atoms with E-state index in [-0.39, 0.29) is 0 Å². The van der Waals surface area contributed by atoms with Gasteiger partial charge in [0.05, 0.1) is 0 Å². The highest BCUT2D eigenvalue weighted by atomic mass is 15.1. The summed E-state index contributed by atoms with van der Waals surface area (Å²) in [4.78, 5) is 11.2. The van der Waals surface area contributed by atoms with Crippen LogP contribution in [0.15, 0.2) is 36.7 Å². The molecule has 0 fully saturated rings. The van der Waals surface area contributed by atoms with Crippen molar-refractivity contribution in [2.24, 2.45) is 0 Å². The molecule has 1 aliphatic rings.